The van der Waals surface area contributed by atoms with Crippen molar-refractivity contribution in [3.63, 3.8) is 0 Å². The van der Waals surface area contributed by atoms with Crippen LogP contribution in [-0.4, -0.2) is 99.9 Å². The number of anilines is 2. The van der Waals surface area contributed by atoms with Crippen molar-refractivity contribution < 1.29 is 47.5 Å². The molecule has 0 saturated carbocycles. The Morgan fingerprint density at radius 2 is 1.64 bits per heavy atom. The lowest BCUT2D eigenvalue weighted by Gasteiger charge is -2.15. The Kier molecular flexibility index (Phi) is 10.4. The average molecular weight is 595 g/mol. The van der Waals surface area contributed by atoms with E-state index in [2.05, 4.69) is 25.3 Å². The van der Waals surface area contributed by atoms with Crippen molar-refractivity contribution in [2.24, 2.45) is 0 Å². The number of aliphatic hydroxyl groups is 1. The lowest BCUT2D eigenvalue weighted by molar-refractivity contribution is -0.192. The first-order valence-electron chi connectivity index (χ1n) is 12.3. The molecular formula is C26H29F3N6O7. The zero-order valence-corrected chi connectivity index (χ0v) is 23.1. The van der Waals surface area contributed by atoms with Crippen molar-refractivity contribution in [2.45, 2.75) is 13.1 Å². The number of likely N-dealkylation sites (N-methyl/N-ethyl adjacent to an activating group) is 1. The first-order valence-corrected chi connectivity index (χ1v) is 12.3. The second kappa shape index (κ2) is 13.8. The second-order valence-corrected chi connectivity index (χ2v) is 8.71. The molecule has 2 aromatic heterocycles. The number of aliphatic hydroxyl groups excluding tert-OH is 1. The Hall–Kier alpha value is -4.70. The van der Waals surface area contributed by atoms with Crippen LogP contribution in [0.5, 0.6) is 23.1 Å². The first-order chi connectivity index (χ1) is 19.9. The third-order valence-corrected chi connectivity index (χ3v) is 5.72. The summed E-state index contributed by atoms with van der Waals surface area (Å²) in [5.41, 5.74) is 1.86. The van der Waals surface area contributed by atoms with Gasteiger partial charge in [-0.3, -0.25) is 5.32 Å². The van der Waals surface area contributed by atoms with Crippen molar-refractivity contribution in [3.05, 3.63) is 36.0 Å². The summed E-state index contributed by atoms with van der Waals surface area (Å²) in [7, 11) is 5.06. The number of nitrogens with zero attached hydrogens (tertiary/aromatic N) is 5. The van der Waals surface area contributed by atoms with Gasteiger partial charge in [0.25, 0.3) is 0 Å². The Balaban J connectivity index is 0.000000616. The van der Waals surface area contributed by atoms with Crippen LogP contribution in [0.15, 0.2) is 30.3 Å². The molecule has 0 radical (unpaired) electrons. The molecule has 4 rings (SSSR count). The van der Waals surface area contributed by atoms with Gasteiger partial charge in [-0.1, -0.05) is 0 Å². The van der Waals surface area contributed by atoms with Crippen LogP contribution >= 0.6 is 0 Å². The molecule has 42 heavy (non-hydrogen) atoms. The maximum absolute atomic E-state index is 10.6. The first kappa shape index (κ1) is 31.8. The third kappa shape index (κ3) is 8.17. The number of aliphatic carboxylic acids is 1. The normalized spacial score (nSPS) is 11.3. The minimum absolute atomic E-state index is 0.0974. The highest BCUT2D eigenvalue weighted by molar-refractivity contribution is 5.89. The lowest BCUT2D eigenvalue weighted by Crippen LogP contribution is -2.27. The van der Waals surface area contributed by atoms with E-state index in [-0.39, 0.29) is 24.4 Å². The number of aromatic hydroxyl groups is 1. The minimum Gasteiger partial charge on any atom is -0.497 e. The summed E-state index contributed by atoms with van der Waals surface area (Å²) in [6.07, 6.45) is -5.08. The van der Waals surface area contributed by atoms with Gasteiger partial charge in [0.05, 0.1) is 37.4 Å². The summed E-state index contributed by atoms with van der Waals surface area (Å²) < 4.78 is 48.3. The summed E-state index contributed by atoms with van der Waals surface area (Å²) in [6.45, 7) is 3.63. The quantitative estimate of drug-likeness (QED) is 0.211. The number of methoxy groups -OCH3 is 2. The number of aryl methyl sites for hydroxylation is 1. The Labute approximate surface area is 237 Å². The van der Waals surface area contributed by atoms with E-state index in [1.54, 1.807) is 38.5 Å². The van der Waals surface area contributed by atoms with E-state index in [1.807, 2.05) is 24.9 Å². The number of alkyl halides is 3. The molecule has 0 spiro atoms. The van der Waals surface area contributed by atoms with Crippen LogP contribution in [0.2, 0.25) is 0 Å². The maximum Gasteiger partial charge on any atom is 0.490 e. The van der Waals surface area contributed by atoms with Crippen LogP contribution in [0, 0.1) is 6.92 Å². The maximum atomic E-state index is 10.6. The summed E-state index contributed by atoms with van der Waals surface area (Å²) in [5.74, 6) is -0.752. The van der Waals surface area contributed by atoms with Gasteiger partial charge in [-0.15, -0.1) is 0 Å². The van der Waals surface area contributed by atoms with E-state index in [0.717, 1.165) is 5.39 Å². The molecule has 0 aliphatic rings. The molecular weight excluding hydrogens is 565 g/mol. The standard InChI is InChI=1S/C24H28N6O5.C2HF3O2/c1-14-17-12-16(33-3)13-20(34-4)21(17)27-23(25-14)29-24-26-19-6-5-15(11-18(19)22(32)28-24)35-10-8-30(2)7-9-31;3-2(4,5)1(6)7/h5-6,11-13,31H,7-10H2,1-4H3,(H2,25,26,27,28,29,32);(H,6,7). The van der Waals surface area contributed by atoms with Crippen LogP contribution in [0.3, 0.4) is 0 Å². The third-order valence-electron chi connectivity index (χ3n) is 5.72. The van der Waals surface area contributed by atoms with Crippen LogP contribution in [0.1, 0.15) is 5.69 Å². The number of fused-ring (bicyclic) bond motifs is 2. The number of rotatable bonds is 10. The van der Waals surface area contributed by atoms with Crippen LogP contribution in [0.25, 0.3) is 21.8 Å². The zero-order chi connectivity index (χ0) is 31.0. The number of carboxylic acids is 1. The average Bonchev–Trinajstić information content (AvgIpc) is 2.93. The molecule has 4 N–H and O–H groups in total. The second-order valence-electron chi connectivity index (χ2n) is 8.71. The predicted molar refractivity (Wildman–Crippen MR) is 146 cm³/mol. The molecule has 0 aliphatic carbocycles. The number of nitrogens with one attached hydrogen (secondary N) is 1. The van der Waals surface area contributed by atoms with E-state index in [4.69, 9.17) is 29.2 Å². The Morgan fingerprint density at radius 3 is 2.26 bits per heavy atom. The highest BCUT2D eigenvalue weighted by Gasteiger charge is 2.38. The predicted octanol–water partition coefficient (Wildman–Crippen LogP) is 3.28. The van der Waals surface area contributed by atoms with Gasteiger partial charge in [-0.05, 0) is 38.2 Å². The molecule has 0 bridgehead atoms. The van der Waals surface area contributed by atoms with Gasteiger partial charge in [0, 0.05) is 24.5 Å². The molecule has 0 saturated heterocycles. The smallest absolute Gasteiger partial charge is 0.490 e. The fraction of sp³-hybridized carbons (Fsp3) is 0.346. The van der Waals surface area contributed by atoms with Crippen molar-refractivity contribution in [1.29, 1.82) is 0 Å². The fourth-order valence-corrected chi connectivity index (χ4v) is 3.59. The molecule has 13 nitrogen and oxygen atoms in total. The minimum atomic E-state index is -5.08. The van der Waals surface area contributed by atoms with Gasteiger partial charge in [0.2, 0.25) is 17.8 Å². The van der Waals surface area contributed by atoms with E-state index in [9.17, 15) is 18.3 Å². The zero-order valence-electron chi connectivity index (χ0n) is 23.1. The van der Waals surface area contributed by atoms with Crippen molar-refractivity contribution in [3.8, 4) is 23.1 Å². The van der Waals surface area contributed by atoms with Crippen LogP contribution < -0.4 is 19.5 Å². The number of carbonyl (C=O) groups is 1. The van der Waals surface area contributed by atoms with Gasteiger partial charge in [-0.25, -0.2) is 19.7 Å². The molecule has 0 aliphatic heterocycles. The van der Waals surface area contributed by atoms with Gasteiger partial charge in [0.1, 0.15) is 29.4 Å². The van der Waals surface area contributed by atoms with Crippen molar-refractivity contribution in [2.75, 3.05) is 52.9 Å². The molecule has 2 aromatic carbocycles. The number of carboxylic acid groups (broad SMARTS) is 1. The number of hydrogen-bond acceptors (Lipinski definition) is 12. The molecule has 16 heteroatoms. The number of halogens is 3. The van der Waals surface area contributed by atoms with E-state index < -0.39 is 12.1 Å². The molecule has 0 unspecified atom stereocenters. The van der Waals surface area contributed by atoms with Gasteiger partial charge < -0.3 is 34.4 Å². The Bertz CT molecular complexity index is 1560. The summed E-state index contributed by atoms with van der Waals surface area (Å²) >= 11 is 0. The molecule has 0 amide bonds. The number of ether oxygens (including phenoxy) is 3. The molecule has 0 atom stereocenters. The van der Waals surface area contributed by atoms with E-state index >= 15 is 0 Å². The number of hydrogen-bond donors (Lipinski definition) is 4. The Morgan fingerprint density at radius 1 is 0.976 bits per heavy atom. The molecule has 226 valence electrons. The monoisotopic (exact) mass is 594 g/mol. The van der Waals surface area contributed by atoms with Crippen molar-refractivity contribution >= 4 is 39.7 Å². The number of aromatic nitrogens is 4. The highest BCUT2D eigenvalue weighted by atomic mass is 19.4. The highest BCUT2D eigenvalue weighted by Crippen LogP contribution is 2.33. The lowest BCUT2D eigenvalue weighted by atomic mass is 10.1. The topological polar surface area (TPSA) is 172 Å². The van der Waals surface area contributed by atoms with Gasteiger partial charge in [-0.2, -0.15) is 18.2 Å². The van der Waals surface area contributed by atoms with Gasteiger partial charge in [0.15, 0.2) is 0 Å². The SMILES string of the molecule is COc1cc(OC)c2nc(Nc3nc(O)c4cc(OCCN(C)CCO)ccc4n3)nc(C)c2c1.O=C(O)C(F)(F)F. The summed E-state index contributed by atoms with van der Waals surface area (Å²) in [6, 6.07) is 8.81. The van der Waals surface area contributed by atoms with Crippen molar-refractivity contribution in [1.82, 2.24) is 24.8 Å². The number of benzene rings is 2. The fourth-order valence-electron chi connectivity index (χ4n) is 3.59. The van der Waals surface area contributed by atoms with E-state index in [0.29, 0.717) is 59.1 Å². The summed E-state index contributed by atoms with van der Waals surface area (Å²) in [4.78, 5) is 28.6. The molecule has 2 heterocycles. The molecule has 4 aromatic rings. The molecule has 0 fully saturated rings. The van der Waals surface area contributed by atoms with Crippen LogP contribution in [0.4, 0.5) is 25.1 Å². The van der Waals surface area contributed by atoms with Crippen LogP contribution in [-0.2, 0) is 4.79 Å². The van der Waals surface area contributed by atoms with Gasteiger partial charge >= 0.3 is 12.1 Å². The van der Waals surface area contributed by atoms with E-state index in [1.165, 1.54) is 0 Å². The largest absolute Gasteiger partial charge is 0.497 e. The summed E-state index contributed by atoms with van der Waals surface area (Å²) in [5, 5.41) is 30.9.